The zero-order valence-electron chi connectivity index (χ0n) is 8.96. The summed E-state index contributed by atoms with van der Waals surface area (Å²) in [5.41, 5.74) is -0.198. The highest BCUT2D eigenvalue weighted by Gasteiger charge is 2.28. The number of rotatable bonds is 2. The topological polar surface area (TPSA) is 47.0 Å². The van der Waals surface area contributed by atoms with Crippen LogP contribution in [0.4, 0.5) is 10.2 Å². The van der Waals surface area contributed by atoms with Crippen LogP contribution in [0.25, 0.3) is 0 Å². The Morgan fingerprint density at radius 3 is 2.88 bits per heavy atom. The van der Waals surface area contributed by atoms with E-state index in [1.165, 1.54) is 0 Å². The zero-order chi connectivity index (χ0) is 11.6. The van der Waals surface area contributed by atoms with E-state index in [1.807, 2.05) is 6.92 Å². The summed E-state index contributed by atoms with van der Waals surface area (Å²) in [6, 6.07) is 0. The second-order valence-corrected chi connectivity index (χ2v) is 4.47. The van der Waals surface area contributed by atoms with E-state index < -0.39 is 5.82 Å². The molecule has 1 aliphatic heterocycles. The lowest BCUT2D eigenvalue weighted by atomic mass is 9.92. The van der Waals surface area contributed by atoms with Crippen molar-refractivity contribution >= 4 is 17.4 Å². The summed E-state index contributed by atoms with van der Waals surface area (Å²) in [7, 11) is 0. The van der Waals surface area contributed by atoms with Crippen LogP contribution in [-0.2, 0) is 4.74 Å². The Labute approximate surface area is 98.2 Å². The van der Waals surface area contributed by atoms with Gasteiger partial charge in [-0.25, -0.2) is 9.37 Å². The van der Waals surface area contributed by atoms with Gasteiger partial charge in [0.15, 0.2) is 11.6 Å². The molecule has 88 valence electrons. The summed E-state index contributed by atoms with van der Waals surface area (Å²) < 4.78 is 18.7. The lowest BCUT2D eigenvalue weighted by Crippen LogP contribution is -2.41. The lowest BCUT2D eigenvalue weighted by Gasteiger charge is -2.34. The minimum absolute atomic E-state index is 0.0413. The maximum atomic E-state index is 13.4. The summed E-state index contributed by atoms with van der Waals surface area (Å²) in [6.45, 7) is 3.36. The smallest absolute Gasteiger partial charge is 0.224 e. The van der Waals surface area contributed by atoms with Crippen LogP contribution in [0.15, 0.2) is 6.20 Å². The number of nitrogens with one attached hydrogen (secondary N) is 1. The molecule has 1 aromatic heterocycles. The van der Waals surface area contributed by atoms with Crippen molar-refractivity contribution < 1.29 is 9.13 Å². The van der Waals surface area contributed by atoms with E-state index in [0.29, 0.717) is 13.2 Å². The molecule has 0 amide bonds. The van der Waals surface area contributed by atoms with Crippen LogP contribution >= 0.6 is 11.6 Å². The molecule has 0 saturated carbocycles. The van der Waals surface area contributed by atoms with E-state index in [1.54, 1.807) is 0 Å². The molecule has 0 atom stereocenters. The molecule has 16 heavy (non-hydrogen) atoms. The van der Waals surface area contributed by atoms with Gasteiger partial charge in [0.25, 0.3) is 0 Å². The van der Waals surface area contributed by atoms with E-state index in [9.17, 15) is 4.39 Å². The molecule has 0 unspecified atom stereocenters. The molecule has 2 heterocycles. The molecule has 0 spiro atoms. The number of anilines is 1. The van der Waals surface area contributed by atoms with Crippen LogP contribution in [0.1, 0.15) is 19.8 Å². The van der Waals surface area contributed by atoms with Crippen molar-refractivity contribution in [3.05, 3.63) is 17.3 Å². The zero-order valence-corrected chi connectivity index (χ0v) is 9.72. The van der Waals surface area contributed by atoms with Crippen molar-refractivity contribution in [2.24, 2.45) is 0 Å². The number of ether oxygens (including phenoxy) is 1. The molecule has 0 bridgehead atoms. The molecule has 1 fully saturated rings. The Balaban J connectivity index is 2.15. The van der Waals surface area contributed by atoms with Gasteiger partial charge in [0.2, 0.25) is 5.28 Å². The molecular weight excluding hydrogens is 233 g/mol. The largest absolute Gasteiger partial charge is 0.381 e. The van der Waals surface area contributed by atoms with Crippen molar-refractivity contribution in [3.63, 3.8) is 0 Å². The molecule has 2 rings (SSSR count). The van der Waals surface area contributed by atoms with Crippen molar-refractivity contribution in [2.75, 3.05) is 18.5 Å². The van der Waals surface area contributed by atoms with Crippen molar-refractivity contribution in [1.29, 1.82) is 0 Å². The Morgan fingerprint density at radius 1 is 1.50 bits per heavy atom. The highest BCUT2D eigenvalue weighted by atomic mass is 35.5. The van der Waals surface area contributed by atoms with Crippen LogP contribution in [0.5, 0.6) is 0 Å². The van der Waals surface area contributed by atoms with Gasteiger partial charge in [0.1, 0.15) is 0 Å². The maximum Gasteiger partial charge on any atom is 0.224 e. The third-order valence-electron chi connectivity index (χ3n) is 2.73. The predicted molar refractivity (Wildman–Crippen MR) is 59.1 cm³/mol. The third kappa shape index (κ3) is 2.59. The third-order valence-corrected chi connectivity index (χ3v) is 2.91. The molecule has 0 aliphatic carbocycles. The fourth-order valence-electron chi connectivity index (χ4n) is 1.67. The number of aromatic nitrogens is 2. The van der Waals surface area contributed by atoms with Gasteiger partial charge in [0.05, 0.1) is 6.20 Å². The summed E-state index contributed by atoms with van der Waals surface area (Å²) in [5.74, 6) is -0.332. The van der Waals surface area contributed by atoms with Crippen LogP contribution in [0.3, 0.4) is 0 Å². The number of halogens is 2. The number of nitrogens with zero attached hydrogens (tertiary/aromatic N) is 2. The first-order chi connectivity index (χ1) is 7.59. The van der Waals surface area contributed by atoms with Gasteiger partial charge in [-0.05, 0) is 31.4 Å². The molecule has 0 aromatic carbocycles. The fourth-order valence-corrected chi connectivity index (χ4v) is 1.80. The Kier molecular flexibility index (Phi) is 3.25. The Hall–Kier alpha value is -0.940. The quantitative estimate of drug-likeness (QED) is 0.812. The molecule has 4 nitrogen and oxygen atoms in total. The summed E-state index contributed by atoms with van der Waals surface area (Å²) >= 11 is 5.63. The van der Waals surface area contributed by atoms with Crippen molar-refractivity contribution in [1.82, 2.24) is 9.97 Å². The molecule has 1 saturated heterocycles. The average Bonchev–Trinajstić information content (AvgIpc) is 2.24. The van der Waals surface area contributed by atoms with Gasteiger partial charge in [-0.2, -0.15) is 4.98 Å². The molecular formula is C10H13ClFN3O. The van der Waals surface area contributed by atoms with Crippen molar-refractivity contribution in [3.8, 4) is 0 Å². The van der Waals surface area contributed by atoms with Crippen LogP contribution in [-0.4, -0.2) is 28.7 Å². The highest BCUT2D eigenvalue weighted by molar-refractivity contribution is 6.28. The summed E-state index contributed by atoms with van der Waals surface area (Å²) in [5, 5.41) is 3.12. The van der Waals surface area contributed by atoms with Gasteiger partial charge >= 0.3 is 0 Å². The Bertz CT molecular complexity index is 382. The maximum absolute atomic E-state index is 13.4. The first-order valence-corrected chi connectivity index (χ1v) is 5.51. The molecule has 1 aliphatic rings. The van der Waals surface area contributed by atoms with E-state index >= 15 is 0 Å². The highest BCUT2D eigenvalue weighted by Crippen LogP contribution is 2.25. The van der Waals surface area contributed by atoms with Gasteiger partial charge in [-0.1, -0.05) is 0 Å². The fraction of sp³-hybridized carbons (Fsp3) is 0.600. The van der Waals surface area contributed by atoms with E-state index in [4.69, 9.17) is 16.3 Å². The Morgan fingerprint density at radius 2 is 2.19 bits per heavy atom. The van der Waals surface area contributed by atoms with E-state index in [2.05, 4.69) is 15.3 Å². The van der Waals surface area contributed by atoms with Crippen LogP contribution in [0, 0.1) is 5.82 Å². The SMILES string of the molecule is CC1(Nc2nc(Cl)ncc2F)CCOCC1. The first-order valence-electron chi connectivity index (χ1n) is 5.13. The van der Waals surface area contributed by atoms with Crippen LogP contribution in [0.2, 0.25) is 5.28 Å². The second kappa shape index (κ2) is 4.51. The standard InChI is InChI=1S/C10H13ClFN3O/c1-10(2-4-16-5-3-10)15-8-7(12)6-13-9(11)14-8/h6H,2-5H2,1H3,(H,13,14,15). The van der Waals surface area contributed by atoms with Gasteiger partial charge in [-0.3, -0.25) is 0 Å². The molecule has 6 heteroatoms. The predicted octanol–water partition coefficient (Wildman–Crippen LogP) is 2.25. The van der Waals surface area contributed by atoms with E-state index in [-0.39, 0.29) is 16.6 Å². The second-order valence-electron chi connectivity index (χ2n) is 4.13. The number of hydrogen-bond donors (Lipinski definition) is 1. The van der Waals surface area contributed by atoms with Gasteiger partial charge in [0, 0.05) is 18.8 Å². The van der Waals surface area contributed by atoms with E-state index in [0.717, 1.165) is 19.0 Å². The van der Waals surface area contributed by atoms with Crippen LogP contribution < -0.4 is 5.32 Å². The minimum Gasteiger partial charge on any atom is -0.381 e. The monoisotopic (exact) mass is 245 g/mol. The normalized spacial score (nSPS) is 19.4. The first kappa shape index (κ1) is 11.5. The summed E-state index contributed by atoms with van der Waals surface area (Å²) in [6.07, 6.45) is 2.70. The average molecular weight is 246 g/mol. The lowest BCUT2D eigenvalue weighted by molar-refractivity contribution is 0.0656. The van der Waals surface area contributed by atoms with Gasteiger partial charge < -0.3 is 10.1 Å². The summed E-state index contributed by atoms with van der Waals surface area (Å²) in [4.78, 5) is 7.41. The number of hydrogen-bond acceptors (Lipinski definition) is 4. The van der Waals surface area contributed by atoms with Crippen molar-refractivity contribution in [2.45, 2.75) is 25.3 Å². The molecule has 1 N–H and O–H groups in total. The molecule has 1 aromatic rings. The molecule has 0 radical (unpaired) electrons. The minimum atomic E-state index is -0.489. The van der Waals surface area contributed by atoms with Gasteiger partial charge in [-0.15, -0.1) is 0 Å².